The molecule has 68 valence electrons. The lowest BCUT2D eigenvalue weighted by molar-refractivity contribution is 0.386. The van der Waals surface area contributed by atoms with Crippen LogP contribution >= 0.6 is 0 Å². The maximum absolute atomic E-state index is 3.96. The van der Waals surface area contributed by atoms with Crippen molar-refractivity contribution in [3.63, 3.8) is 0 Å². The van der Waals surface area contributed by atoms with Crippen molar-refractivity contribution in [3.05, 3.63) is 24.4 Å². The SMILES string of the molecule is C=C(/C=C\N=CC)CN(C)CC. The number of hydrogen-bond acceptors (Lipinski definition) is 2. The molecule has 2 nitrogen and oxygen atoms in total. The van der Waals surface area contributed by atoms with Crippen molar-refractivity contribution in [2.75, 3.05) is 20.1 Å². The summed E-state index contributed by atoms with van der Waals surface area (Å²) < 4.78 is 0. The highest BCUT2D eigenvalue weighted by Gasteiger charge is 1.93. The Bertz CT molecular complexity index is 180. The second-order valence-electron chi connectivity index (χ2n) is 2.71. The van der Waals surface area contributed by atoms with Crippen LogP contribution in [0.15, 0.2) is 29.4 Å². The molecule has 0 heterocycles. The fourth-order valence-corrected chi connectivity index (χ4v) is 0.746. The van der Waals surface area contributed by atoms with E-state index >= 15 is 0 Å². The molecule has 0 aliphatic rings. The van der Waals surface area contributed by atoms with Crippen LogP contribution in [0.5, 0.6) is 0 Å². The Hall–Kier alpha value is -0.890. The quantitative estimate of drug-likeness (QED) is 0.451. The van der Waals surface area contributed by atoms with E-state index in [0.717, 1.165) is 18.7 Å². The maximum atomic E-state index is 3.96. The highest BCUT2D eigenvalue weighted by molar-refractivity contribution is 5.54. The smallest absolute Gasteiger partial charge is 0.0266 e. The lowest BCUT2D eigenvalue weighted by Gasteiger charge is -2.12. The first-order valence-corrected chi connectivity index (χ1v) is 4.21. The van der Waals surface area contributed by atoms with E-state index in [1.165, 1.54) is 0 Å². The number of rotatable bonds is 5. The first-order chi connectivity index (χ1) is 5.70. The Kier molecular flexibility index (Phi) is 6.29. The van der Waals surface area contributed by atoms with Crippen LogP contribution in [0.2, 0.25) is 0 Å². The lowest BCUT2D eigenvalue weighted by atomic mass is 10.3. The largest absolute Gasteiger partial charge is 0.302 e. The molecule has 0 amide bonds. The van der Waals surface area contributed by atoms with Crippen molar-refractivity contribution in [2.24, 2.45) is 4.99 Å². The van der Waals surface area contributed by atoms with Crippen molar-refractivity contribution >= 4 is 6.21 Å². The van der Waals surface area contributed by atoms with Crippen molar-refractivity contribution in [1.29, 1.82) is 0 Å². The van der Waals surface area contributed by atoms with Crippen molar-refractivity contribution in [3.8, 4) is 0 Å². The van der Waals surface area contributed by atoms with Gasteiger partial charge >= 0.3 is 0 Å². The summed E-state index contributed by atoms with van der Waals surface area (Å²) in [6, 6.07) is 0. The second kappa shape index (κ2) is 6.80. The molecule has 0 rings (SSSR count). The maximum Gasteiger partial charge on any atom is 0.0266 e. The Morgan fingerprint density at radius 3 is 2.75 bits per heavy atom. The zero-order valence-electron chi connectivity index (χ0n) is 8.25. The molecule has 0 saturated heterocycles. The second-order valence-corrected chi connectivity index (χ2v) is 2.71. The molecule has 0 aromatic rings. The molecule has 0 radical (unpaired) electrons. The van der Waals surface area contributed by atoms with Gasteiger partial charge in [0.1, 0.15) is 0 Å². The molecule has 0 aliphatic carbocycles. The molecule has 0 aromatic heterocycles. The van der Waals surface area contributed by atoms with Crippen LogP contribution < -0.4 is 0 Å². The third-order valence-electron chi connectivity index (χ3n) is 1.56. The van der Waals surface area contributed by atoms with Gasteiger partial charge in [0.2, 0.25) is 0 Å². The third-order valence-corrected chi connectivity index (χ3v) is 1.56. The highest BCUT2D eigenvalue weighted by atomic mass is 15.1. The third kappa shape index (κ3) is 5.86. The van der Waals surface area contributed by atoms with Gasteiger partial charge in [-0.05, 0) is 32.2 Å². The van der Waals surface area contributed by atoms with Gasteiger partial charge in [-0.25, -0.2) is 0 Å². The van der Waals surface area contributed by atoms with E-state index < -0.39 is 0 Å². The fourth-order valence-electron chi connectivity index (χ4n) is 0.746. The molecule has 0 saturated carbocycles. The van der Waals surface area contributed by atoms with Gasteiger partial charge in [-0.2, -0.15) is 0 Å². The van der Waals surface area contributed by atoms with Gasteiger partial charge in [-0.15, -0.1) is 0 Å². The van der Waals surface area contributed by atoms with Crippen LogP contribution in [-0.4, -0.2) is 31.3 Å². The standard InChI is InChI=1S/C10H18N2/c1-5-11-8-7-10(3)9-12(4)6-2/h5,7-8H,3,6,9H2,1-2,4H3/b8-7-,11-5?. The van der Waals surface area contributed by atoms with Gasteiger partial charge in [-0.1, -0.05) is 13.5 Å². The van der Waals surface area contributed by atoms with Gasteiger partial charge in [0.15, 0.2) is 0 Å². The first kappa shape index (κ1) is 11.1. The molecule has 12 heavy (non-hydrogen) atoms. The van der Waals surface area contributed by atoms with E-state index in [0.29, 0.717) is 0 Å². The Balaban J connectivity index is 3.73. The van der Waals surface area contributed by atoms with Crippen LogP contribution in [0.25, 0.3) is 0 Å². The number of aliphatic imine (C=N–C) groups is 1. The summed E-state index contributed by atoms with van der Waals surface area (Å²) in [4.78, 5) is 6.16. The van der Waals surface area contributed by atoms with Crippen LogP contribution in [0, 0.1) is 0 Å². The number of likely N-dealkylation sites (N-methyl/N-ethyl adjacent to an activating group) is 1. The lowest BCUT2D eigenvalue weighted by Crippen LogP contribution is -2.19. The van der Waals surface area contributed by atoms with Gasteiger partial charge in [0, 0.05) is 19.0 Å². The first-order valence-electron chi connectivity index (χ1n) is 4.21. The van der Waals surface area contributed by atoms with Crippen molar-refractivity contribution < 1.29 is 0 Å². The van der Waals surface area contributed by atoms with E-state index in [-0.39, 0.29) is 0 Å². The molecule has 0 atom stereocenters. The zero-order valence-corrected chi connectivity index (χ0v) is 8.25. The van der Waals surface area contributed by atoms with Crippen molar-refractivity contribution in [1.82, 2.24) is 4.90 Å². The Labute approximate surface area is 75.3 Å². The summed E-state index contributed by atoms with van der Waals surface area (Å²) in [6.45, 7) is 9.89. The van der Waals surface area contributed by atoms with Gasteiger partial charge in [0.05, 0.1) is 0 Å². The van der Waals surface area contributed by atoms with Crippen molar-refractivity contribution in [2.45, 2.75) is 13.8 Å². The Morgan fingerprint density at radius 1 is 1.58 bits per heavy atom. The molecule has 2 heteroatoms. The number of hydrogen-bond donors (Lipinski definition) is 0. The minimum Gasteiger partial charge on any atom is -0.302 e. The van der Waals surface area contributed by atoms with Crippen LogP contribution in [0.3, 0.4) is 0 Å². The fraction of sp³-hybridized carbons (Fsp3) is 0.500. The predicted molar refractivity (Wildman–Crippen MR) is 55.6 cm³/mol. The minimum absolute atomic E-state index is 0.909. The van der Waals surface area contributed by atoms with Gasteiger partial charge in [0.25, 0.3) is 0 Å². The van der Waals surface area contributed by atoms with Crippen LogP contribution in [0.1, 0.15) is 13.8 Å². The molecule has 0 N–H and O–H groups in total. The summed E-state index contributed by atoms with van der Waals surface area (Å²) >= 11 is 0. The average Bonchev–Trinajstić information content (AvgIpc) is 2.05. The van der Waals surface area contributed by atoms with Crippen LogP contribution in [-0.2, 0) is 0 Å². The van der Waals surface area contributed by atoms with E-state index in [2.05, 4.69) is 30.4 Å². The van der Waals surface area contributed by atoms with E-state index in [9.17, 15) is 0 Å². The molecular weight excluding hydrogens is 148 g/mol. The van der Waals surface area contributed by atoms with E-state index in [1.54, 1.807) is 12.4 Å². The number of nitrogens with zero attached hydrogens (tertiary/aromatic N) is 2. The zero-order chi connectivity index (χ0) is 9.40. The monoisotopic (exact) mass is 166 g/mol. The van der Waals surface area contributed by atoms with E-state index in [4.69, 9.17) is 0 Å². The summed E-state index contributed by atoms with van der Waals surface area (Å²) in [6.07, 6.45) is 5.46. The average molecular weight is 166 g/mol. The summed E-state index contributed by atoms with van der Waals surface area (Å²) in [7, 11) is 2.07. The van der Waals surface area contributed by atoms with Crippen LogP contribution in [0.4, 0.5) is 0 Å². The molecule has 0 spiro atoms. The molecule has 0 fully saturated rings. The van der Waals surface area contributed by atoms with E-state index in [1.807, 2.05) is 13.0 Å². The summed E-state index contributed by atoms with van der Waals surface area (Å²) in [5, 5.41) is 0. The molecule has 0 bridgehead atoms. The minimum atomic E-state index is 0.909. The Morgan fingerprint density at radius 2 is 2.25 bits per heavy atom. The summed E-state index contributed by atoms with van der Waals surface area (Å²) in [5.74, 6) is 0. The predicted octanol–water partition coefficient (Wildman–Crippen LogP) is 2.10. The van der Waals surface area contributed by atoms with Gasteiger partial charge < -0.3 is 4.90 Å². The molecular formula is C10H18N2. The molecule has 0 aliphatic heterocycles. The molecule has 0 unspecified atom stereocenters. The highest BCUT2D eigenvalue weighted by Crippen LogP contribution is 1.95. The summed E-state index contributed by atoms with van der Waals surface area (Å²) in [5.41, 5.74) is 1.09. The van der Waals surface area contributed by atoms with Gasteiger partial charge in [-0.3, -0.25) is 4.99 Å². The molecule has 0 aromatic carbocycles. The normalized spacial score (nSPS) is 12.0. The topological polar surface area (TPSA) is 15.6 Å².